The standard InChI is InChI=1S/C25H33N3O/c1-19-6-8-22(9-7-19)26-25(29)18-27-14-12-24(13-15-27)28(23-10-11-23)17-21-5-3-4-20(2)16-21/h3-9,16,23-24H,10-15,17-18H2,1-2H3,(H,26,29). The normalized spacial score (nSPS) is 18.2. The van der Waals surface area contributed by atoms with E-state index in [-0.39, 0.29) is 5.91 Å². The fourth-order valence-corrected chi connectivity index (χ4v) is 4.43. The quantitative estimate of drug-likeness (QED) is 0.761. The molecule has 0 atom stereocenters. The van der Waals surface area contributed by atoms with Gasteiger partial charge in [0.2, 0.25) is 5.91 Å². The van der Waals surface area contributed by atoms with Crippen LogP contribution >= 0.6 is 0 Å². The number of nitrogens with one attached hydrogen (secondary N) is 1. The zero-order valence-electron chi connectivity index (χ0n) is 17.7. The number of carbonyl (C=O) groups excluding carboxylic acids is 1. The number of hydrogen-bond donors (Lipinski definition) is 1. The van der Waals surface area contributed by atoms with Crippen molar-refractivity contribution in [3.05, 3.63) is 65.2 Å². The molecule has 29 heavy (non-hydrogen) atoms. The van der Waals surface area contributed by atoms with Gasteiger partial charge < -0.3 is 5.32 Å². The first-order valence-electron chi connectivity index (χ1n) is 11.0. The van der Waals surface area contributed by atoms with Crippen molar-refractivity contribution in [2.24, 2.45) is 0 Å². The number of nitrogens with zero attached hydrogens (tertiary/aromatic N) is 2. The third-order valence-electron chi connectivity index (χ3n) is 6.19. The van der Waals surface area contributed by atoms with Crippen molar-refractivity contribution < 1.29 is 4.79 Å². The van der Waals surface area contributed by atoms with Crippen LogP contribution in [0, 0.1) is 13.8 Å². The first kappa shape index (κ1) is 20.1. The SMILES string of the molecule is Cc1ccc(NC(=O)CN2CCC(N(Cc3cccc(C)c3)C3CC3)CC2)cc1. The van der Waals surface area contributed by atoms with Gasteiger partial charge in [0.25, 0.3) is 0 Å². The summed E-state index contributed by atoms with van der Waals surface area (Å²) in [5.74, 6) is 0.0890. The zero-order chi connectivity index (χ0) is 20.2. The number of benzene rings is 2. The average Bonchev–Trinajstić information content (AvgIpc) is 3.54. The Hall–Kier alpha value is -2.17. The summed E-state index contributed by atoms with van der Waals surface area (Å²) in [6.45, 7) is 7.78. The van der Waals surface area contributed by atoms with Crippen LogP contribution < -0.4 is 5.32 Å². The molecular formula is C25H33N3O. The van der Waals surface area contributed by atoms with Gasteiger partial charge in [0, 0.05) is 37.4 Å². The molecule has 2 aromatic rings. The number of piperidine rings is 1. The summed E-state index contributed by atoms with van der Waals surface area (Å²) in [5, 5.41) is 3.03. The van der Waals surface area contributed by atoms with Crippen LogP contribution in [0.1, 0.15) is 42.4 Å². The molecule has 0 bridgehead atoms. The van der Waals surface area contributed by atoms with Crippen molar-refractivity contribution in [2.45, 2.75) is 58.2 Å². The second-order valence-electron chi connectivity index (χ2n) is 8.81. The van der Waals surface area contributed by atoms with Crippen molar-refractivity contribution in [3.63, 3.8) is 0 Å². The van der Waals surface area contributed by atoms with Crippen molar-refractivity contribution in [1.82, 2.24) is 9.80 Å². The van der Waals surface area contributed by atoms with E-state index in [0.29, 0.717) is 12.6 Å². The molecule has 1 aliphatic carbocycles. The van der Waals surface area contributed by atoms with E-state index >= 15 is 0 Å². The summed E-state index contributed by atoms with van der Waals surface area (Å²) < 4.78 is 0. The fraction of sp³-hybridized carbons (Fsp3) is 0.480. The van der Waals surface area contributed by atoms with Gasteiger partial charge in [-0.3, -0.25) is 14.6 Å². The van der Waals surface area contributed by atoms with E-state index in [1.165, 1.54) is 29.5 Å². The summed E-state index contributed by atoms with van der Waals surface area (Å²) in [7, 11) is 0. The Morgan fingerprint density at radius 3 is 2.31 bits per heavy atom. The number of hydrogen-bond acceptors (Lipinski definition) is 3. The van der Waals surface area contributed by atoms with Gasteiger partial charge in [-0.05, 0) is 57.2 Å². The smallest absolute Gasteiger partial charge is 0.238 e. The molecule has 2 aromatic carbocycles. The van der Waals surface area contributed by atoms with Crippen LogP contribution in [0.5, 0.6) is 0 Å². The van der Waals surface area contributed by atoms with Gasteiger partial charge in [-0.25, -0.2) is 0 Å². The second kappa shape index (κ2) is 9.10. The molecule has 1 saturated carbocycles. The average molecular weight is 392 g/mol. The van der Waals surface area contributed by atoms with Crippen LogP contribution in [0.15, 0.2) is 48.5 Å². The Morgan fingerprint density at radius 1 is 0.966 bits per heavy atom. The third kappa shape index (κ3) is 5.68. The Bertz CT molecular complexity index is 820. The van der Waals surface area contributed by atoms with Gasteiger partial charge in [0.1, 0.15) is 0 Å². The maximum Gasteiger partial charge on any atom is 0.238 e. The highest BCUT2D eigenvalue weighted by Gasteiger charge is 2.35. The molecule has 0 radical (unpaired) electrons. The lowest BCUT2D eigenvalue weighted by Gasteiger charge is -2.38. The van der Waals surface area contributed by atoms with Crippen molar-refractivity contribution in [3.8, 4) is 0 Å². The first-order valence-corrected chi connectivity index (χ1v) is 11.0. The van der Waals surface area contributed by atoms with Crippen LogP contribution in [-0.4, -0.2) is 47.4 Å². The highest BCUT2D eigenvalue weighted by Crippen LogP contribution is 2.33. The van der Waals surface area contributed by atoms with Gasteiger partial charge in [-0.1, -0.05) is 47.5 Å². The number of amides is 1. The summed E-state index contributed by atoms with van der Waals surface area (Å²) in [5.41, 5.74) is 4.86. The highest BCUT2D eigenvalue weighted by molar-refractivity contribution is 5.92. The van der Waals surface area contributed by atoms with E-state index in [9.17, 15) is 4.79 Å². The maximum absolute atomic E-state index is 12.4. The highest BCUT2D eigenvalue weighted by atomic mass is 16.2. The predicted molar refractivity (Wildman–Crippen MR) is 119 cm³/mol. The van der Waals surface area contributed by atoms with Crippen LogP contribution in [0.2, 0.25) is 0 Å². The van der Waals surface area contributed by atoms with Crippen molar-refractivity contribution in [2.75, 3.05) is 25.0 Å². The lowest BCUT2D eigenvalue weighted by atomic mass is 10.0. The van der Waals surface area contributed by atoms with E-state index < -0.39 is 0 Å². The Balaban J connectivity index is 1.27. The topological polar surface area (TPSA) is 35.6 Å². The van der Waals surface area contributed by atoms with E-state index in [1.807, 2.05) is 24.3 Å². The van der Waals surface area contributed by atoms with Gasteiger partial charge in [-0.15, -0.1) is 0 Å². The molecule has 4 heteroatoms. The second-order valence-corrected chi connectivity index (χ2v) is 8.81. The summed E-state index contributed by atoms with van der Waals surface area (Å²) >= 11 is 0. The van der Waals surface area contributed by atoms with Crippen molar-refractivity contribution >= 4 is 11.6 Å². The predicted octanol–water partition coefficient (Wildman–Crippen LogP) is 4.37. The summed E-state index contributed by atoms with van der Waals surface area (Å²) in [6, 6.07) is 18.3. The van der Waals surface area contributed by atoms with Gasteiger partial charge in [0.05, 0.1) is 6.54 Å². The molecule has 2 aliphatic rings. The molecular weight excluding hydrogens is 358 g/mol. The molecule has 0 spiro atoms. The Kier molecular flexibility index (Phi) is 6.31. The molecule has 1 saturated heterocycles. The molecule has 4 rings (SSSR count). The number of rotatable bonds is 7. The van der Waals surface area contributed by atoms with E-state index in [2.05, 4.69) is 53.2 Å². The zero-order valence-corrected chi connectivity index (χ0v) is 17.7. The van der Waals surface area contributed by atoms with Crippen LogP contribution in [0.25, 0.3) is 0 Å². The summed E-state index contributed by atoms with van der Waals surface area (Å²) in [6.07, 6.45) is 4.98. The van der Waals surface area contributed by atoms with E-state index in [4.69, 9.17) is 0 Å². The minimum absolute atomic E-state index is 0.0890. The molecule has 4 nitrogen and oxygen atoms in total. The number of anilines is 1. The van der Waals surface area contributed by atoms with E-state index in [1.54, 1.807) is 0 Å². The number of aryl methyl sites for hydroxylation is 2. The number of likely N-dealkylation sites (tertiary alicyclic amines) is 1. The first-order chi connectivity index (χ1) is 14.1. The van der Waals surface area contributed by atoms with Crippen molar-refractivity contribution in [1.29, 1.82) is 0 Å². The molecule has 154 valence electrons. The lowest BCUT2D eigenvalue weighted by Crippen LogP contribution is -2.47. The molecule has 1 N–H and O–H groups in total. The third-order valence-corrected chi connectivity index (χ3v) is 6.19. The minimum Gasteiger partial charge on any atom is -0.325 e. The molecule has 1 amide bonds. The van der Waals surface area contributed by atoms with Gasteiger partial charge in [0.15, 0.2) is 0 Å². The molecule has 0 unspecified atom stereocenters. The molecule has 1 heterocycles. The van der Waals surface area contributed by atoms with E-state index in [0.717, 1.165) is 44.2 Å². The largest absolute Gasteiger partial charge is 0.325 e. The minimum atomic E-state index is 0.0890. The summed E-state index contributed by atoms with van der Waals surface area (Å²) in [4.78, 5) is 17.4. The maximum atomic E-state index is 12.4. The molecule has 2 fully saturated rings. The van der Waals surface area contributed by atoms with Crippen LogP contribution in [0.3, 0.4) is 0 Å². The monoisotopic (exact) mass is 391 g/mol. The number of carbonyl (C=O) groups is 1. The van der Waals surface area contributed by atoms with Crippen LogP contribution in [0.4, 0.5) is 5.69 Å². The van der Waals surface area contributed by atoms with Crippen LogP contribution in [-0.2, 0) is 11.3 Å². The Labute approximate surface area is 174 Å². The lowest BCUT2D eigenvalue weighted by molar-refractivity contribution is -0.117. The molecule has 0 aromatic heterocycles. The van der Waals surface area contributed by atoms with Gasteiger partial charge >= 0.3 is 0 Å². The Morgan fingerprint density at radius 2 is 1.66 bits per heavy atom. The fourth-order valence-electron chi connectivity index (χ4n) is 4.43. The van der Waals surface area contributed by atoms with Gasteiger partial charge in [-0.2, -0.15) is 0 Å². The molecule has 1 aliphatic heterocycles.